The Labute approximate surface area is 91.3 Å². The van der Waals surface area contributed by atoms with E-state index >= 15 is 0 Å². The smallest absolute Gasteiger partial charge is 0.0969 e. The minimum absolute atomic E-state index is 0. The third kappa shape index (κ3) is 1.45. The van der Waals surface area contributed by atoms with E-state index in [-0.39, 0.29) is 12.4 Å². The van der Waals surface area contributed by atoms with Gasteiger partial charge in [-0.05, 0) is 24.0 Å². The van der Waals surface area contributed by atoms with Crippen LogP contribution in [0.25, 0.3) is 0 Å². The molecule has 1 fully saturated rings. The van der Waals surface area contributed by atoms with Crippen LogP contribution in [0.5, 0.6) is 0 Å². The Kier molecular flexibility index (Phi) is 2.80. The van der Waals surface area contributed by atoms with Gasteiger partial charge in [-0.15, -0.1) is 12.4 Å². The number of halogens is 1. The summed E-state index contributed by atoms with van der Waals surface area (Å²) in [5, 5.41) is 2.55. The predicted octanol–water partition coefficient (Wildman–Crippen LogP) is 1.47. The molecular formula is C12H17ClN+. The zero-order valence-electron chi connectivity index (χ0n) is 8.28. The molecule has 0 spiro atoms. The van der Waals surface area contributed by atoms with E-state index in [0.29, 0.717) is 0 Å². The second kappa shape index (κ2) is 3.92. The number of benzene rings is 1. The van der Waals surface area contributed by atoms with Gasteiger partial charge in [0.05, 0.1) is 12.6 Å². The van der Waals surface area contributed by atoms with Crippen molar-refractivity contribution in [1.29, 1.82) is 0 Å². The first-order chi connectivity index (χ1) is 6.45. The van der Waals surface area contributed by atoms with Crippen LogP contribution in [-0.2, 0) is 6.42 Å². The van der Waals surface area contributed by atoms with Gasteiger partial charge >= 0.3 is 0 Å². The minimum atomic E-state index is 0. The molecule has 2 N–H and O–H groups in total. The van der Waals surface area contributed by atoms with Gasteiger partial charge in [0.15, 0.2) is 0 Å². The molecule has 2 atom stereocenters. The maximum atomic E-state index is 2.55. The summed E-state index contributed by atoms with van der Waals surface area (Å²) >= 11 is 0. The van der Waals surface area contributed by atoms with Crippen molar-refractivity contribution < 1.29 is 5.32 Å². The van der Waals surface area contributed by atoms with E-state index in [4.69, 9.17) is 0 Å². The van der Waals surface area contributed by atoms with E-state index < -0.39 is 0 Å². The fourth-order valence-electron chi connectivity index (χ4n) is 3.00. The Morgan fingerprint density at radius 3 is 3.00 bits per heavy atom. The topological polar surface area (TPSA) is 16.6 Å². The quantitative estimate of drug-likeness (QED) is 0.668. The molecule has 0 saturated carbocycles. The van der Waals surface area contributed by atoms with Gasteiger partial charge in [-0.25, -0.2) is 0 Å². The molecule has 0 bridgehead atoms. The van der Waals surface area contributed by atoms with E-state index in [1.165, 1.54) is 25.8 Å². The maximum Gasteiger partial charge on any atom is 0.0969 e. The first-order valence-corrected chi connectivity index (χ1v) is 5.36. The molecule has 1 aromatic rings. The maximum absolute atomic E-state index is 2.55. The number of piperidine rings is 1. The van der Waals surface area contributed by atoms with Gasteiger partial charge in [0.25, 0.3) is 0 Å². The van der Waals surface area contributed by atoms with Gasteiger partial charge < -0.3 is 5.32 Å². The summed E-state index contributed by atoms with van der Waals surface area (Å²) in [6, 6.07) is 9.87. The van der Waals surface area contributed by atoms with Crippen molar-refractivity contribution in [2.75, 3.05) is 6.54 Å². The molecule has 2 heteroatoms. The van der Waals surface area contributed by atoms with Gasteiger partial charge in [-0.3, -0.25) is 0 Å². The number of fused-ring (bicyclic) bond motifs is 3. The predicted molar refractivity (Wildman–Crippen MR) is 59.9 cm³/mol. The molecule has 2 aliphatic rings. The lowest BCUT2D eigenvalue weighted by Crippen LogP contribution is -2.92. The molecule has 1 heterocycles. The van der Waals surface area contributed by atoms with Crippen LogP contribution in [0.4, 0.5) is 0 Å². The summed E-state index contributed by atoms with van der Waals surface area (Å²) in [6.07, 6.45) is 4.12. The molecule has 1 aliphatic heterocycles. The molecule has 14 heavy (non-hydrogen) atoms. The monoisotopic (exact) mass is 210 g/mol. The highest BCUT2D eigenvalue weighted by Crippen LogP contribution is 2.35. The van der Waals surface area contributed by atoms with E-state index in [2.05, 4.69) is 29.6 Å². The normalized spacial score (nSPS) is 28.9. The Morgan fingerprint density at radius 1 is 1.21 bits per heavy atom. The number of hydrogen-bond donors (Lipinski definition) is 1. The molecule has 1 aromatic carbocycles. The van der Waals surface area contributed by atoms with Crippen LogP contribution in [-0.4, -0.2) is 12.6 Å². The summed E-state index contributed by atoms with van der Waals surface area (Å²) in [7, 11) is 0. The van der Waals surface area contributed by atoms with Crippen molar-refractivity contribution in [2.45, 2.75) is 31.2 Å². The van der Waals surface area contributed by atoms with Crippen molar-refractivity contribution in [3.05, 3.63) is 35.4 Å². The Balaban J connectivity index is 0.000000750. The summed E-state index contributed by atoms with van der Waals surface area (Å²) < 4.78 is 0. The SMILES string of the molecule is Cl.c1ccc2c(c1)C[C@H]1[NH2+]CCC[C@H]21. The largest absolute Gasteiger partial charge is 0.343 e. The Morgan fingerprint density at radius 2 is 2.07 bits per heavy atom. The molecule has 1 saturated heterocycles. The number of rotatable bonds is 0. The molecule has 0 unspecified atom stereocenters. The number of nitrogens with two attached hydrogens (primary N) is 1. The van der Waals surface area contributed by atoms with Crippen LogP contribution >= 0.6 is 12.4 Å². The highest BCUT2D eigenvalue weighted by atomic mass is 35.5. The van der Waals surface area contributed by atoms with Crippen LogP contribution in [0, 0.1) is 0 Å². The zero-order valence-corrected chi connectivity index (χ0v) is 9.09. The average Bonchev–Trinajstić information content (AvgIpc) is 2.56. The van der Waals surface area contributed by atoms with E-state index in [1.807, 2.05) is 0 Å². The molecule has 0 amide bonds. The lowest BCUT2D eigenvalue weighted by Gasteiger charge is -2.23. The highest BCUT2D eigenvalue weighted by molar-refractivity contribution is 5.85. The summed E-state index contributed by atoms with van der Waals surface area (Å²) in [6.45, 7) is 1.34. The summed E-state index contributed by atoms with van der Waals surface area (Å²) in [5.41, 5.74) is 3.25. The average molecular weight is 211 g/mol. The second-order valence-corrected chi connectivity index (χ2v) is 4.34. The molecular weight excluding hydrogens is 194 g/mol. The van der Waals surface area contributed by atoms with Crippen molar-refractivity contribution in [1.82, 2.24) is 0 Å². The van der Waals surface area contributed by atoms with Crippen LogP contribution in [0.3, 0.4) is 0 Å². The lowest BCUT2D eigenvalue weighted by atomic mass is 9.90. The minimum Gasteiger partial charge on any atom is -0.343 e. The van der Waals surface area contributed by atoms with Crippen LogP contribution in [0.2, 0.25) is 0 Å². The van der Waals surface area contributed by atoms with Crippen LogP contribution in [0.15, 0.2) is 24.3 Å². The second-order valence-electron chi connectivity index (χ2n) is 4.34. The molecule has 1 aliphatic carbocycles. The van der Waals surface area contributed by atoms with Gasteiger partial charge in [-0.2, -0.15) is 0 Å². The third-order valence-electron chi connectivity index (χ3n) is 3.62. The van der Waals surface area contributed by atoms with E-state index in [1.54, 1.807) is 11.1 Å². The van der Waals surface area contributed by atoms with E-state index in [0.717, 1.165) is 12.0 Å². The number of quaternary nitrogens is 1. The highest BCUT2D eigenvalue weighted by Gasteiger charge is 2.36. The van der Waals surface area contributed by atoms with Crippen molar-refractivity contribution in [2.24, 2.45) is 0 Å². The van der Waals surface area contributed by atoms with Gasteiger partial charge in [0.2, 0.25) is 0 Å². The molecule has 3 rings (SSSR count). The Hall–Kier alpha value is -0.530. The molecule has 0 radical (unpaired) electrons. The zero-order chi connectivity index (χ0) is 8.67. The Bertz CT molecular complexity index is 324. The molecule has 0 aromatic heterocycles. The first kappa shape index (κ1) is 10.0. The van der Waals surface area contributed by atoms with Gasteiger partial charge in [0, 0.05) is 12.3 Å². The standard InChI is InChI=1S/C12H15N.ClH/c1-2-5-10-9(4-1)8-12-11(10)6-3-7-13-12;/h1-2,4-5,11-13H,3,6-8H2;1H/p+1/t11-,12-;/m1./s1. The number of hydrogen-bond acceptors (Lipinski definition) is 0. The van der Waals surface area contributed by atoms with Crippen molar-refractivity contribution in [3.63, 3.8) is 0 Å². The van der Waals surface area contributed by atoms with Crippen molar-refractivity contribution >= 4 is 12.4 Å². The van der Waals surface area contributed by atoms with Crippen LogP contribution in [0.1, 0.15) is 29.9 Å². The molecule has 76 valence electrons. The van der Waals surface area contributed by atoms with E-state index in [9.17, 15) is 0 Å². The third-order valence-corrected chi connectivity index (χ3v) is 3.62. The van der Waals surface area contributed by atoms with Gasteiger partial charge in [-0.1, -0.05) is 24.3 Å². The fourth-order valence-corrected chi connectivity index (χ4v) is 3.00. The fraction of sp³-hybridized carbons (Fsp3) is 0.500. The van der Waals surface area contributed by atoms with Crippen molar-refractivity contribution in [3.8, 4) is 0 Å². The molecule has 1 nitrogen and oxygen atoms in total. The first-order valence-electron chi connectivity index (χ1n) is 5.36. The van der Waals surface area contributed by atoms with Gasteiger partial charge in [0.1, 0.15) is 0 Å². The summed E-state index contributed by atoms with van der Waals surface area (Å²) in [5.74, 6) is 0.866. The lowest BCUT2D eigenvalue weighted by molar-refractivity contribution is -0.698. The van der Waals surface area contributed by atoms with Crippen LogP contribution < -0.4 is 5.32 Å². The summed E-state index contributed by atoms with van der Waals surface area (Å²) in [4.78, 5) is 0.